The lowest BCUT2D eigenvalue weighted by Crippen LogP contribution is -1.70. The average molecular weight is 124 g/mol. The Balaban J connectivity index is 3.49. The molecule has 0 aliphatic heterocycles. The maximum atomic E-state index is 2.26. The van der Waals surface area contributed by atoms with Crippen molar-refractivity contribution in [3.05, 3.63) is 23.8 Å². The van der Waals surface area contributed by atoms with Gasteiger partial charge in [-0.25, -0.2) is 0 Å². The van der Waals surface area contributed by atoms with Crippen LogP contribution in [0.2, 0.25) is 0 Å². The quantitative estimate of drug-likeness (QED) is 0.506. The molecular formula is C9H16. The van der Waals surface area contributed by atoms with Gasteiger partial charge in [0.2, 0.25) is 0 Å². The van der Waals surface area contributed by atoms with Crippen LogP contribution in [0.4, 0.5) is 0 Å². The van der Waals surface area contributed by atoms with Gasteiger partial charge in [0.15, 0.2) is 0 Å². The molecule has 0 spiro atoms. The van der Waals surface area contributed by atoms with E-state index in [1.807, 2.05) is 0 Å². The van der Waals surface area contributed by atoms with Crippen molar-refractivity contribution < 1.29 is 0 Å². The molecule has 0 atom stereocenters. The van der Waals surface area contributed by atoms with Crippen LogP contribution < -0.4 is 0 Å². The number of hydrogen-bond donors (Lipinski definition) is 0. The molecule has 0 N–H and O–H groups in total. The van der Waals surface area contributed by atoms with E-state index in [4.69, 9.17) is 0 Å². The van der Waals surface area contributed by atoms with Crippen molar-refractivity contribution in [1.29, 1.82) is 0 Å². The zero-order valence-electron chi connectivity index (χ0n) is 6.65. The first-order valence-corrected chi connectivity index (χ1v) is 3.58. The minimum absolute atomic E-state index is 1.12. The Bertz CT molecular complexity index is 107. The lowest BCUT2D eigenvalue weighted by atomic mass is 10.2. The van der Waals surface area contributed by atoms with E-state index in [0.717, 1.165) is 12.8 Å². The molecule has 0 saturated carbocycles. The van der Waals surface area contributed by atoms with Gasteiger partial charge in [-0.15, -0.1) is 0 Å². The summed E-state index contributed by atoms with van der Waals surface area (Å²) in [5, 5.41) is 0. The average Bonchev–Trinajstić information content (AvgIpc) is 1.85. The Morgan fingerprint density at radius 1 is 1.44 bits per heavy atom. The van der Waals surface area contributed by atoms with E-state index in [-0.39, 0.29) is 0 Å². The van der Waals surface area contributed by atoms with Gasteiger partial charge >= 0.3 is 0 Å². The van der Waals surface area contributed by atoms with Crippen molar-refractivity contribution >= 4 is 0 Å². The van der Waals surface area contributed by atoms with Gasteiger partial charge in [0.05, 0.1) is 0 Å². The zero-order valence-corrected chi connectivity index (χ0v) is 6.65. The van der Waals surface area contributed by atoms with Crippen LogP contribution in [-0.4, -0.2) is 0 Å². The zero-order chi connectivity index (χ0) is 7.11. The molecule has 0 saturated heterocycles. The second-order valence-corrected chi connectivity index (χ2v) is 2.23. The summed E-state index contributed by atoms with van der Waals surface area (Å²) in [5.41, 5.74) is 1.47. The maximum Gasteiger partial charge on any atom is -0.0142 e. The molecule has 0 aliphatic rings. The van der Waals surface area contributed by atoms with Crippen molar-refractivity contribution in [2.75, 3.05) is 0 Å². The number of rotatable bonds is 3. The van der Waals surface area contributed by atoms with Crippen LogP contribution in [0, 0.1) is 0 Å². The molecule has 0 bridgehead atoms. The third-order valence-electron chi connectivity index (χ3n) is 1.23. The van der Waals surface area contributed by atoms with E-state index in [0.29, 0.717) is 0 Å². The standard InChI is InChI=1S/C9H16/c1-4-6-8-9(3)7-5-2/h4,6-7H,5,8H2,1-3H3/b6-4-,9-7-. The molecule has 52 valence electrons. The minimum Gasteiger partial charge on any atom is -0.0913 e. The second-order valence-electron chi connectivity index (χ2n) is 2.23. The van der Waals surface area contributed by atoms with Gasteiger partial charge in [-0.1, -0.05) is 30.7 Å². The summed E-state index contributed by atoms with van der Waals surface area (Å²) in [6.07, 6.45) is 8.81. The molecule has 0 aromatic carbocycles. The smallest absolute Gasteiger partial charge is 0.0142 e. The normalized spacial score (nSPS) is 13.0. The SMILES string of the molecule is C/C=C\C/C(C)=C\CC. The summed E-state index contributed by atoms with van der Waals surface area (Å²) < 4.78 is 0. The van der Waals surface area contributed by atoms with Crippen molar-refractivity contribution in [2.45, 2.75) is 33.6 Å². The molecule has 0 fully saturated rings. The Morgan fingerprint density at radius 3 is 2.56 bits per heavy atom. The largest absolute Gasteiger partial charge is 0.0913 e. The molecule has 0 heterocycles. The van der Waals surface area contributed by atoms with Crippen LogP contribution in [0.3, 0.4) is 0 Å². The Labute approximate surface area is 58.3 Å². The fourth-order valence-corrected chi connectivity index (χ4v) is 0.736. The monoisotopic (exact) mass is 124 g/mol. The molecule has 0 radical (unpaired) electrons. The summed E-state index contributed by atoms with van der Waals surface area (Å²) >= 11 is 0. The molecule has 0 aromatic rings. The van der Waals surface area contributed by atoms with E-state index in [9.17, 15) is 0 Å². The van der Waals surface area contributed by atoms with E-state index in [1.54, 1.807) is 0 Å². The number of allylic oxidation sites excluding steroid dienone is 4. The fourth-order valence-electron chi connectivity index (χ4n) is 0.736. The van der Waals surface area contributed by atoms with Gasteiger partial charge in [0, 0.05) is 0 Å². The molecule has 0 aromatic heterocycles. The summed E-state index contributed by atoms with van der Waals surface area (Å²) in [7, 11) is 0. The topological polar surface area (TPSA) is 0 Å². The predicted octanol–water partition coefficient (Wildman–Crippen LogP) is 3.31. The van der Waals surface area contributed by atoms with Gasteiger partial charge in [0.25, 0.3) is 0 Å². The summed E-state index contributed by atoms with van der Waals surface area (Å²) in [5.74, 6) is 0. The first-order chi connectivity index (χ1) is 4.31. The van der Waals surface area contributed by atoms with Gasteiger partial charge < -0.3 is 0 Å². The molecule has 0 nitrogen and oxygen atoms in total. The third-order valence-corrected chi connectivity index (χ3v) is 1.23. The highest BCUT2D eigenvalue weighted by atomic mass is 13.9. The van der Waals surface area contributed by atoms with Gasteiger partial charge in [0.1, 0.15) is 0 Å². The lowest BCUT2D eigenvalue weighted by Gasteiger charge is -1.91. The first-order valence-electron chi connectivity index (χ1n) is 3.58. The molecule has 9 heavy (non-hydrogen) atoms. The van der Waals surface area contributed by atoms with Crippen molar-refractivity contribution in [3.63, 3.8) is 0 Å². The lowest BCUT2D eigenvalue weighted by molar-refractivity contribution is 1.12. The minimum atomic E-state index is 1.12. The van der Waals surface area contributed by atoms with Crippen LogP contribution in [0.15, 0.2) is 23.8 Å². The predicted molar refractivity (Wildman–Crippen MR) is 43.5 cm³/mol. The van der Waals surface area contributed by atoms with Crippen LogP contribution in [-0.2, 0) is 0 Å². The maximum absolute atomic E-state index is 2.26. The van der Waals surface area contributed by atoms with Gasteiger partial charge in [-0.2, -0.15) is 0 Å². The van der Waals surface area contributed by atoms with E-state index in [2.05, 4.69) is 39.0 Å². The fraction of sp³-hybridized carbons (Fsp3) is 0.556. The molecular weight excluding hydrogens is 108 g/mol. The van der Waals surface area contributed by atoms with Crippen molar-refractivity contribution in [3.8, 4) is 0 Å². The highest BCUT2D eigenvalue weighted by Crippen LogP contribution is 2.01. The van der Waals surface area contributed by atoms with Crippen molar-refractivity contribution in [2.24, 2.45) is 0 Å². The highest BCUT2D eigenvalue weighted by molar-refractivity contribution is 5.03. The molecule has 0 amide bonds. The van der Waals surface area contributed by atoms with Crippen LogP contribution in [0.25, 0.3) is 0 Å². The highest BCUT2D eigenvalue weighted by Gasteiger charge is 1.80. The summed E-state index contributed by atoms with van der Waals surface area (Å²) in [6, 6.07) is 0. The van der Waals surface area contributed by atoms with Gasteiger partial charge in [-0.3, -0.25) is 0 Å². The first kappa shape index (κ1) is 8.48. The molecule has 0 heteroatoms. The third kappa shape index (κ3) is 5.35. The van der Waals surface area contributed by atoms with Crippen molar-refractivity contribution in [1.82, 2.24) is 0 Å². The second kappa shape index (κ2) is 5.61. The number of hydrogen-bond acceptors (Lipinski definition) is 0. The van der Waals surface area contributed by atoms with E-state index >= 15 is 0 Å². The summed E-state index contributed by atoms with van der Waals surface area (Å²) in [6.45, 7) is 6.39. The van der Waals surface area contributed by atoms with E-state index < -0.39 is 0 Å². The van der Waals surface area contributed by atoms with Crippen LogP contribution in [0.1, 0.15) is 33.6 Å². The Kier molecular flexibility index (Phi) is 5.29. The van der Waals surface area contributed by atoms with E-state index in [1.165, 1.54) is 5.57 Å². The molecule has 0 aliphatic carbocycles. The summed E-state index contributed by atoms with van der Waals surface area (Å²) in [4.78, 5) is 0. The molecule has 0 unspecified atom stereocenters. The van der Waals surface area contributed by atoms with Crippen LogP contribution >= 0.6 is 0 Å². The van der Waals surface area contributed by atoms with Crippen LogP contribution in [0.5, 0.6) is 0 Å². The molecule has 0 rings (SSSR count). The Morgan fingerprint density at radius 2 is 2.11 bits per heavy atom. The Hall–Kier alpha value is -0.520. The van der Waals surface area contributed by atoms with Gasteiger partial charge in [-0.05, 0) is 26.7 Å².